The van der Waals surface area contributed by atoms with E-state index in [1.165, 1.54) is 31.7 Å². The molecule has 1 fully saturated rings. The summed E-state index contributed by atoms with van der Waals surface area (Å²) in [4.78, 5) is 40.5. The summed E-state index contributed by atoms with van der Waals surface area (Å²) in [5.41, 5.74) is 14.0. The van der Waals surface area contributed by atoms with Crippen LogP contribution in [0.4, 0.5) is 5.95 Å². The average molecular weight is 657 g/mol. The van der Waals surface area contributed by atoms with Gasteiger partial charge in [0.25, 0.3) is 0 Å². The average Bonchev–Trinajstić information content (AvgIpc) is 3.45. The summed E-state index contributed by atoms with van der Waals surface area (Å²) in [6.45, 7) is 12.3. The third kappa shape index (κ3) is 8.38. The van der Waals surface area contributed by atoms with Crippen LogP contribution in [0, 0.1) is 0 Å². The van der Waals surface area contributed by atoms with Gasteiger partial charge in [0.1, 0.15) is 23.7 Å². The number of esters is 2. The van der Waals surface area contributed by atoms with Crippen LogP contribution in [-0.2, 0) is 32.9 Å². The first kappa shape index (κ1) is 35.9. The molecule has 250 valence electrons. The summed E-state index contributed by atoms with van der Waals surface area (Å²) in [5.74, 6) is -1.44. The summed E-state index contributed by atoms with van der Waals surface area (Å²) in [7, 11) is -4.27. The van der Waals surface area contributed by atoms with Gasteiger partial charge in [-0.1, -0.05) is 5.11 Å². The number of imidazole rings is 1. The molecule has 0 aliphatic carbocycles. The van der Waals surface area contributed by atoms with Crippen molar-refractivity contribution in [3.63, 3.8) is 0 Å². The lowest BCUT2D eigenvalue weighted by atomic mass is 9.93. The van der Waals surface area contributed by atoms with Gasteiger partial charge >= 0.3 is 19.6 Å². The van der Waals surface area contributed by atoms with E-state index < -0.39 is 74.5 Å². The van der Waals surface area contributed by atoms with Crippen molar-refractivity contribution in [2.24, 2.45) is 5.11 Å². The van der Waals surface area contributed by atoms with Crippen molar-refractivity contribution in [2.45, 2.75) is 104 Å². The zero-order valence-electron chi connectivity index (χ0n) is 26.4. The smallest absolute Gasteiger partial charge is 0.342 e. The van der Waals surface area contributed by atoms with Gasteiger partial charge in [-0.3, -0.25) is 18.7 Å². The molecule has 45 heavy (non-hydrogen) atoms. The molecule has 1 aliphatic rings. The van der Waals surface area contributed by atoms with Gasteiger partial charge < -0.3 is 34.3 Å². The molecule has 0 aromatic carbocycles. The number of aromatic nitrogens is 4. The van der Waals surface area contributed by atoms with Crippen LogP contribution in [0.5, 0.6) is 5.88 Å². The normalized spacial score (nSPS) is 24.2. The molecular weight excluding hydrogens is 615 g/mol. The topological polar surface area (TPSA) is 260 Å². The third-order valence-electron chi connectivity index (χ3n) is 6.51. The maximum absolute atomic E-state index is 14.0. The number of rotatable bonds is 15. The molecule has 0 radical (unpaired) electrons. The minimum Gasteiger partial charge on any atom is -0.476 e. The largest absolute Gasteiger partial charge is 0.476 e. The number of nitrogens with one attached hydrogen (secondary N) is 2. The van der Waals surface area contributed by atoms with Crippen molar-refractivity contribution >= 4 is 36.7 Å². The van der Waals surface area contributed by atoms with E-state index in [0.717, 1.165) is 0 Å². The van der Waals surface area contributed by atoms with E-state index in [1.807, 2.05) is 0 Å². The summed E-state index contributed by atoms with van der Waals surface area (Å²) in [5, 5.41) is 20.3. The number of anilines is 1. The van der Waals surface area contributed by atoms with Crippen molar-refractivity contribution in [3.8, 4) is 5.88 Å². The van der Waals surface area contributed by atoms with E-state index in [9.17, 15) is 24.8 Å². The quantitative estimate of drug-likeness (QED) is 0.0703. The van der Waals surface area contributed by atoms with Gasteiger partial charge in [0.05, 0.1) is 37.9 Å². The third-order valence-corrected chi connectivity index (χ3v) is 8.48. The maximum Gasteiger partial charge on any atom is 0.342 e. The first-order valence-electron chi connectivity index (χ1n) is 14.3. The number of fused-ring (bicyclic) bond motifs is 1. The van der Waals surface area contributed by atoms with Crippen LogP contribution in [0.15, 0.2) is 11.4 Å². The van der Waals surface area contributed by atoms with Crippen LogP contribution >= 0.6 is 7.67 Å². The first-order chi connectivity index (χ1) is 21.0. The van der Waals surface area contributed by atoms with Gasteiger partial charge in [-0.25, -0.2) is 15.2 Å². The second-order valence-electron chi connectivity index (χ2n) is 11.1. The lowest BCUT2D eigenvalue weighted by molar-refractivity contribution is -0.149. The number of ether oxygens (including phenoxy) is 4. The fraction of sp³-hybridized carbons (Fsp3) is 0.720. The van der Waals surface area contributed by atoms with Crippen LogP contribution in [0.1, 0.15) is 61.6 Å². The Bertz CT molecular complexity index is 1430. The molecule has 0 amide bonds. The van der Waals surface area contributed by atoms with Crippen molar-refractivity contribution in [1.82, 2.24) is 29.7 Å². The van der Waals surface area contributed by atoms with Crippen LogP contribution in [0.3, 0.4) is 0 Å². The van der Waals surface area contributed by atoms with Gasteiger partial charge in [-0.15, -0.1) is 0 Å². The van der Waals surface area contributed by atoms with E-state index in [2.05, 4.69) is 35.2 Å². The van der Waals surface area contributed by atoms with Gasteiger partial charge in [0, 0.05) is 4.91 Å². The fourth-order valence-electron chi connectivity index (χ4n) is 4.47. The zero-order valence-corrected chi connectivity index (χ0v) is 27.3. The highest BCUT2D eigenvalue weighted by Crippen LogP contribution is 2.46. The predicted octanol–water partition coefficient (Wildman–Crippen LogP) is 2.12. The standard InChI is InChI=1S/C25H41N10O9P/c1-9-40-20-17-19(29-24(26)30-20)35(11-28-17)23-25(8,33-34-27)18(36)16(44-23)10-41-45(39,31-14(6)21(37)42-12(2)3)32-15(7)22(38)43-13(4)5/h11-16,18,23,36H,9-10H2,1-8H3,(H2,26,29,30)(H2,31,32,39)/t14-,15+,16-,18-,23-,25-,45?/m1/s1. The van der Waals surface area contributed by atoms with E-state index in [-0.39, 0.29) is 29.6 Å². The molecular formula is C25H41N10O9P. The van der Waals surface area contributed by atoms with Crippen molar-refractivity contribution < 1.29 is 42.7 Å². The Morgan fingerprint density at radius 2 is 1.76 bits per heavy atom. The molecule has 3 rings (SSSR count). The van der Waals surface area contributed by atoms with E-state index >= 15 is 0 Å². The van der Waals surface area contributed by atoms with E-state index in [0.29, 0.717) is 0 Å². The fourth-order valence-corrected chi connectivity index (χ4v) is 6.28. The number of aliphatic hydroxyl groups excluding tert-OH is 1. The molecule has 1 aliphatic heterocycles. The number of nitrogen functional groups attached to an aromatic ring is 1. The van der Waals surface area contributed by atoms with Crippen LogP contribution in [-0.4, -0.2) is 91.8 Å². The maximum atomic E-state index is 14.0. The molecule has 0 bridgehead atoms. The minimum absolute atomic E-state index is 0.120. The Balaban J connectivity index is 1.93. The molecule has 3 heterocycles. The van der Waals surface area contributed by atoms with Crippen molar-refractivity contribution in [3.05, 3.63) is 16.8 Å². The number of hydrogen-bond donors (Lipinski definition) is 4. The molecule has 0 saturated carbocycles. The highest BCUT2D eigenvalue weighted by atomic mass is 31.2. The summed E-state index contributed by atoms with van der Waals surface area (Å²) in [6, 6.07) is -2.28. The summed E-state index contributed by atoms with van der Waals surface area (Å²) < 4.78 is 43.2. The van der Waals surface area contributed by atoms with E-state index in [4.69, 9.17) is 29.2 Å². The number of azide groups is 1. The highest BCUT2D eigenvalue weighted by molar-refractivity contribution is 7.54. The highest BCUT2D eigenvalue weighted by Gasteiger charge is 2.55. The van der Waals surface area contributed by atoms with Crippen molar-refractivity contribution in [2.75, 3.05) is 18.9 Å². The molecule has 1 unspecified atom stereocenters. The van der Waals surface area contributed by atoms with Crippen LogP contribution in [0.2, 0.25) is 0 Å². The molecule has 2 aromatic heterocycles. The number of carbonyl (C=O) groups excluding carboxylic acids is 2. The van der Waals surface area contributed by atoms with Gasteiger partial charge in [-0.2, -0.15) is 9.97 Å². The Labute approximate surface area is 259 Å². The van der Waals surface area contributed by atoms with Crippen LogP contribution in [0.25, 0.3) is 21.6 Å². The zero-order chi connectivity index (χ0) is 33.7. The van der Waals surface area contributed by atoms with Crippen LogP contribution < -0.4 is 20.6 Å². The number of nitrogens with two attached hydrogens (primary N) is 1. The number of carbonyl (C=O) groups is 2. The first-order valence-corrected chi connectivity index (χ1v) is 15.9. The molecule has 0 spiro atoms. The summed E-state index contributed by atoms with van der Waals surface area (Å²) in [6.07, 6.45) is -3.52. The Morgan fingerprint density at radius 1 is 1.18 bits per heavy atom. The number of aliphatic hydroxyl groups is 1. The molecule has 19 nitrogen and oxygen atoms in total. The Hall–Kier alpha value is -3.57. The lowest BCUT2D eigenvalue weighted by Gasteiger charge is -2.28. The second-order valence-corrected chi connectivity index (χ2v) is 12.9. The Kier molecular flexibility index (Phi) is 11.7. The SMILES string of the molecule is CCOc1nc(N)nc2c1ncn2[C@@H]1O[C@H](COP(=O)(N[C@@H](C)C(=O)OC(C)C)N[C@H](C)C(=O)OC(C)C)[C@@H](O)[C@@]1(C)N=[N+]=[N-]. The van der Waals surface area contributed by atoms with Gasteiger partial charge in [-0.05, 0) is 60.9 Å². The van der Waals surface area contributed by atoms with Gasteiger partial charge in [0.2, 0.25) is 11.8 Å². The minimum atomic E-state index is -4.27. The summed E-state index contributed by atoms with van der Waals surface area (Å²) >= 11 is 0. The number of hydrogen-bond acceptors (Lipinski definition) is 14. The van der Waals surface area contributed by atoms with E-state index in [1.54, 1.807) is 34.6 Å². The molecule has 1 saturated heterocycles. The molecule has 5 N–H and O–H groups in total. The molecule has 20 heteroatoms. The lowest BCUT2D eigenvalue weighted by Crippen LogP contribution is -2.45. The van der Waals surface area contributed by atoms with Crippen molar-refractivity contribution in [1.29, 1.82) is 0 Å². The molecule has 7 atom stereocenters. The number of nitrogens with zero attached hydrogens (tertiary/aromatic N) is 7. The Morgan fingerprint density at radius 3 is 2.27 bits per heavy atom. The monoisotopic (exact) mass is 656 g/mol. The predicted molar refractivity (Wildman–Crippen MR) is 160 cm³/mol. The second kappa shape index (κ2) is 14.7. The molecule has 2 aromatic rings. The van der Waals surface area contributed by atoms with Gasteiger partial charge in [0.15, 0.2) is 17.4 Å².